The summed E-state index contributed by atoms with van der Waals surface area (Å²) in [7, 11) is 0. The van der Waals surface area contributed by atoms with Crippen molar-refractivity contribution in [2.75, 3.05) is 54.4 Å². The summed E-state index contributed by atoms with van der Waals surface area (Å²) in [4.78, 5) is 43.2. The maximum absolute atomic E-state index is 13.0. The number of carbonyl (C=O) groups excluding carboxylic acids is 2. The van der Waals surface area contributed by atoms with Crippen molar-refractivity contribution in [1.29, 1.82) is 0 Å². The number of hydrogen-bond acceptors (Lipinski definition) is 8. The van der Waals surface area contributed by atoms with Gasteiger partial charge in [0, 0.05) is 67.7 Å². The Balaban J connectivity index is 1.01. The highest BCUT2D eigenvalue weighted by molar-refractivity contribution is 7.80. The molecule has 6 rings (SSSR count). The molecule has 2 fully saturated rings. The smallest absolute Gasteiger partial charge is 0.293 e. The fourth-order valence-corrected chi connectivity index (χ4v) is 5.93. The molecule has 44 heavy (non-hydrogen) atoms. The van der Waals surface area contributed by atoms with Crippen molar-refractivity contribution in [2.24, 2.45) is 0 Å². The molecule has 0 saturated carbocycles. The first kappa shape index (κ1) is 29.1. The minimum atomic E-state index is -0.525. The Labute approximate surface area is 259 Å². The number of anilines is 3. The number of benzene rings is 3. The maximum Gasteiger partial charge on any atom is 0.293 e. The minimum absolute atomic E-state index is 0.0863. The highest BCUT2D eigenvalue weighted by Crippen LogP contribution is 2.31. The third kappa shape index (κ3) is 6.35. The van der Waals surface area contributed by atoms with Gasteiger partial charge in [-0.15, -0.1) is 0 Å². The van der Waals surface area contributed by atoms with Crippen LogP contribution in [-0.4, -0.2) is 66.0 Å². The number of rotatable bonds is 6. The molecule has 0 spiro atoms. The van der Waals surface area contributed by atoms with Crippen LogP contribution in [-0.2, 0) is 0 Å². The predicted octanol–water partition coefficient (Wildman–Crippen LogP) is 5.42. The maximum atomic E-state index is 13.0. The van der Waals surface area contributed by atoms with Crippen molar-refractivity contribution >= 4 is 62.9 Å². The molecule has 0 bridgehead atoms. The number of thiocarbonyl (C=S) groups is 1. The van der Waals surface area contributed by atoms with E-state index in [-0.39, 0.29) is 22.3 Å². The van der Waals surface area contributed by atoms with Gasteiger partial charge in [0.05, 0.1) is 4.92 Å². The van der Waals surface area contributed by atoms with E-state index in [4.69, 9.17) is 16.6 Å². The zero-order chi connectivity index (χ0) is 30.6. The lowest BCUT2D eigenvalue weighted by atomic mass is 10.1. The van der Waals surface area contributed by atoms with E-state index in [1.807, 2.05) is 53.4 Å². The number of piperazine rings is 1. The molecule has 2 amide bonds. The van der Waals surface area contributed by atoms with Crippen LogP contribution in [0, 0.1) is 10.1 Å². The highest BCUT2D eigenvalue weighted by atomic mass is 32.1. The Bertz CT molecular complexity index is 1670. The fourth-order valence-electron chi connectivity index (χ4n) is 5.72. The van der Waals surface area contributed by atoms with Gasteiger partial charge in [-0.2, -0.15) is 0 Å². The third-order valence-electron chi connectivity index (χ3n) is 8.05. The summed E-state index contributed by atoms with van der Waals surface area (Å²) in [6, 6.07) is 21.5. The van der Waals surface area contributed by atoms with Crippen LogP contribution >= 0.6 is 12.2 Å². The lowest BCUT2D eigenvalue weighted by Gasteiger charge is -2.35. The number of hydrogen-bond donors (Lipinski definition) is 2. The van der Waals surface area contributed by atoms with E-state index in [0.29, 0.717) is 48.9 Å². The average molecular weight is 613 g/mol. The Kier molecular flexibility index (Phi) is 8.42. The first-order valence-electron chi connectivity index (χ1n) is 14.6. The molecule has 3 aromatic carbocycles. The van der Waals surface area contributed by atoms with Crippen LogP contribution in [0.2, 0.25) is 0 Å². The zero-order valence-electron chi connectivity index (χ0n) is 24.0. The highest BCUT2D eigenvalue weighted by Gasteiger charge is 2.26. The van der Waals surface area contributed by atoms with Gasteiger partial charge in [0.2, 0.25) is 0 Å². The number of nitro groups is 1. The molecule has 226 valence electrons. The van der Waals surface area contributed by atoms with E-state index in [2.05, 4.69) is 15.5 Å². The van der Waals surface area contributed by atoms with Crippen molar-refractivity contribution in [3.05, 3.63) is 94.2 Å². The van der Waals surface area contributed by atoms with Crippen LogP contribution in [0.3, 0.4) is 0 Å². The lowest BCUT2D eigenvalue weighted by molar-refractivity contribution is -0.384. The first-order chi connectivity index (χ1) is 21.4. The van der Waals surface area contributed by atoms with E-state index in [1.54, 1.807) is 23.1 Å². The second kappa shape index (κ2) is 12.7. The molecule has 0 unspecified atom stereocenters. The lowest BCUT2D eigenvalue weighted by Crippen LogP contribution is -2.48. The largest absolute Gasteiger partial charge is 0.451 e. The standard InChI is InChI=1S/C32H32N6O5S/c39-30(23-8-13-26(27(20-23)38(41)42)36-14-4-1-5-15-36)34-32(44)33-24-9-11-25(12-10-24)35-16-18-37(19-17-35)31(40)29-21-22-6-2-3-7-28(22)43-29/h2-3,6-13,20-21H,1,4-5,14-19H2,(H2,33,34,39,44). The Hall–Kier alpha value is -4.97. The number of nitro benzene ring substituents is 1. The zero-order valence-corrected chi connectivity index (χ0v) is 24.8. The van der Waals surface area contributed by atoms with Crippen LogP contribution in [0.15, 0.2) is 77.2 Å². The monoisotopic (exact) mass is 612 g/mol. The van der Waals surface area contributed by atoms with Crippen LogP contribution in [0.5, 0.6) is 0 Å². The molecule has 0 radical (unpaired) electrons. The Morgan fingerprint density at radius 2 is 1.57 bits per heavy atom. The number of nitrogens with one attached hydrogen (secondary N) is 2. The molecular formula is C32H32N6O5S. The molecule has 0 aliphatic carbocycles. The molecule has 0 atom stereocenters. The van der Waals surface area contributed by atoms with Crippen molar-refractivity contribution < 1.29 is 18.9 Å². The molecule has 4 aromatic rings. The summed E-state index contributed by atoms with van der Waals surface area (Å²) < 4.78 is 5.75. The fraction of sp³-hybridized carbons (Fsp3) is 0.281. The average Bonchev–Trinajstić information content (AvgIpc) is 3.49. The number of para-hydroxylation sites is 1. The van der Waals surface area contributed by atoms with Gasteiger partial charge in [-0.25, -0.2) is 0 Å². The van der Waals surface area contributed by atoms with E-state index < -0.39 is 10.8 Å². The van der Waals surface area contributed by atoms with Gasteiger partial charge < -0.3 is 24.4 Å². The topological polar surface area (TPSA) is 124 Å². The van der Waals surface area contributed by atoms with Crippen LogP contribution in [0.25, 0.3) is 11.0 Å². The summed E-state index contributed by atoms with van der Waals surface area (Å²) in [6.45, 7) is 4.02. The molecule has 12 heteroatoms. The number of amides is 2. The number of fused-ring (bicyclic) bond motifs is 1. The van der Waals surface area contributed by atoms with E-state index in [0.717, 1.165) is 43.4 Å². The van der Waals surface area contributed by atoms with Crippen molar-refractivity contribution in [1.82, 2.24) is 10.2 Å². The minimum Gasteiger partial charge on any atom is -0.451 e. The number of carbonyl (C=O) groups is 2. The van der Waals surface area contributed by atoms with E-state index >= 15 is 0 Å². The first-order valence-corrected chi connectivity index (χ1v) is 15.0. The summed E-state index contributed by atoms with van der Waals surface area (Å²) in [5.74, 6) is -0.281. The van der Waals surface area contributed by atoms with E-state index in [1.165, 1.54) is 6.07 Å². The molecular weight excluding hydrogens is 580 g/mol. The van der Waals surface area contributed by atoms with Gasteiger partial charge in [0.15, 0.2) is 10.9 Å². The van der Waals surface area contributed by atoms with Gasteiger partial charge in [-0.05, 0) is 80.0 Å². The normalized spacial score (nSPS) is 15.2. The number of nitrogens with zero attached hydrogens (tertiary/aromatic N) is 4. The second-order valence-electron chi connectivity index (χ2n) is 10.9. The summed E-state index contributed by atoms with van der Waals surface area (Å²) in [5, 5.41) is 18.4. The van der Waals surface area contributed by atoms with Crippen LogP contribution in [0.4, 0.5) is 22.7 Å². The van der Waals surface area contributed by atoms with Crippen molar-refractivity contribution in [2.45, 2.75) is 19.3 Å². The van der Waals surface area contributed by atoms with Gasteiger partial charge in [0.25, 0.3) is 17.5 Å². The van der Waals surface area contributed by atoms with Gasteiger partial charge >= 0.3 is 0 Å². The second-order valence-corrected chi connectivity index (χ2v) is 11.3. The van der Waals surface area contributed by atoms with Crippen LogP contribution < -0.4 is 20.4 Å². The Morgan fingerprint density at radius 3 is 2.27 bits per heavy atom. The molecule has 1 aromatic heterocycles. The molecule has 2 N–H and O–H groups in total. The summed E-state index contributed by atoms with van der Waals surface area (Å²) >= 11 is 5.34. The summed E-state index contributed by atoms with van der Waals surface area (Å²) in [6.07, 6.45) is 3.09. The Morgan fingerprint density at radius 1 is 0.841 bits per heavy atom. The molecule has 2 aliphatic rings. The van der Waals surface area contributed by atoms with E-state index in [9.17, 15) is 19.7 Å². The summed E-state index contributed by atoms with van der Waals surface area (Å²) in [5.41, 5.74) is 3.00. The SMILES string of the molecule is O=C(NC(=S)Nc1ccc(N2CCN(C(=O)c3cc4ccccc4o3)CC2)cc1)c1ccc(N2CCCCC2)c([N+](=O)[O-])c1. The number of piperidine rings is 1. The van der Waals surface area contributed by atoms with Gasteiger partial charge in [-0.1, -0.05) is 18.2 Å². The van der Waals surface area contributed by atoms with Gasteiger partial charge in [0.1, 0.15) is 11.3 Å². The van der Waals surface area contributed by atoms with Crippen molar-refractivity contribution in [3.63, 3.8) is 0 Å². The van der Waals surface area contributed by atoms with Gasteiger partial charge in [-0.3, -0.25) is 25.0 Å². The molecule has 11 nitrogen and oxygen atoms in total. The van der Waals surface area contributed by atoms with Crippen LogP contribution in [0.1, 0.15) is 40.2 Å². The third-order valence-corrected chi connectivity index (χ3v) is 8.26. The molecule has 2 aliphatic heterocycles. The van der Waals surface area contributed by atoms with Crippen molar-refractivity contribution in [3.8, 4) is 0 Å². The quantitative estimate of drug-likeness (QED) is 0.167. The molecule has 2 saturated heterocycles. The predicted molar refractivity (Wildman–Crippen MR) is 174 cm³/mol. The molecule has 3 heterocycles. The number of furan rings is 1.